The van der Waals surface area contributed by atoms with Crippen molar-refractivity contribution in [2.45, 2.75) is 46.1 Å². The molecule has 0 saturated heterocycles. The molecule has 1 aromatic rings. The van der Waals surface area contributed by atoms with Crippen molar-refractivity contribution >= 4 is 0 Å². The van der Waals surface area contributed by atoms with E-state index < -0.39 is 0 Å². The molecule has 1 aromatic heterocycles. The summed E-state index contributed by atoms with van der Waals surface area (Å²) in [6.45, 7) is 5.59. The summed E-state index contributed by atoms with van der Waals surface area (Å²) in [7, 11) is 0. The highest BCUT2D eigenvalue weighted by Crippen LogP contribution is 2.21. The monoisotopic (exact) mass is 234 g/mol. The van der Waals surface area contributed by atoms with E-state index in [0.717, 1.165) is 38.1 Å². The van der Waals surface area contributed by atoms with Gasteiger partial charge in [0.25, 0.3) is 0 Å². The van der Waals surface area contributed by atoms with Crippen LogP contribution < -0.4 is 5.73 Å². The lowest BCUT2D eigenvalue weighted by Gasteiger charge is -2.14. The largest absolute Gasteiger partial charge is 0.335 e. The van der Waals surface area contributed by atoms with Gasteiger partial charge >= 0.3 is 0 Å². The Balaban J connectivity index is 2.31. The summed E-state index contributed by atoms with van der Waals surface area (Å²) >= 11 is 0. The Morgan fingerprint density at radius 2 is 2.24 bits per heavy atom. The van der Waals surface area contributed by atoms with Gasteiger partial charge in [0.15, 0.2) is 0 Å². The lowest BCUT2D eigenvalue weighted by molar-refractivity contribution is 0.415. The van der Waals surface area contributed by atoms with Crippen molar-refractivity contribution in [3.63, 3.8) is 0 Å². The Morgan fingerprint density at radius 3 is 2.88 bits per heavy atom. The summed E-state index contributed by atoms with van der Waals surface area (Å²) < 4.78 is 2.16. The highest BCUT2D eigenvalue weighted by molar-refractivity contribution is 4.93. The second kappa shape index (κ2) is 6.41. The maximum atomic E-state index is 8.91. The molecule has 4 nitrogen and oxygen atoms in total. The summed E-state index contributed by atoms with van der Waals surface area (Å²) in [6, 6.07) is 2.33. The van der Waals surface area contributed by atoms with E-state index in [1.165, 1.54) is 0 Å². The minimum absolute atomic E-state index is 0.199. The third-order valence-corrected chi connectivity index (χ3v) is 2.92. The standard InChI is InChI=1S/C13H22N4/c1-13(2,11-15)6-3-4-9-17-10-8-16-12(17)5-7-14/h8,10H,3-7,9,14H2,1-2H3. The first-order valence-electron chi connectivity index (χ1n) is 6.20. The van der Waals surface area contributed by atoms with Gasteiger partial charge in [0.1, 0.15) is 5.82 Å². The average molecular weight is 234 g/mol. The van der Waals surface area contributed by atoms with Gasteiger partial charge in [-0.1, -0.05) is 6.42 Å². The van der Waals surface area contributed by atoms with Crippen molar-refractivity contribution < 1.29 is 0 Å². The van der Waals surface area contributed by atoms with Gasteiger partial charge in [0, 0.05) is 25.4 Å². The number of hydrogen-bond donors (Lipinski definition) is 1. The van der Waals surface area contributed by atoms with E-state index in [0.29, 0.717) is 6.54 Å². The molecule has 0 aliphatic rings. The maximum absolute atomic E-state index is 8.91. The Morgan fingerprint density at radius 1 is 1.47 bits per heavy atom. The van der Waals surface area contributed by atoms with Crippen molar-refractivity contribution in [3.05, 3.63) is 18.2 Å². The molecule has 4 heteroatoms. The summed E-state index contributed by atoms with van der Waals surface area (Å²) in [5.74, 6) is 1.06. The van der Waals surface area contributed by atoms with Crippen LogP contribution in [0.3, 0.4) is 0 Å². The third-order valence-electron chi connectivity index (χ3n) is 2.92. The Kier molecular flexibility index (Phi) is 5.17. The van der Waals surface area contributed by atoms with Crippen molar-refractivity contribution in [2.24, 2.45) is 11.1 Å². The van der Waals surface area contributed by atoms with Crippen LogP contribution in [0.5, 0.6) is 0 Å². The first-order chi connectivity index (χ1) is 8.09. The molecule has 0 fully saturated rings. The van der Waals surface area contributed by atoms with Gasteiger partial charge in [-0.3, -0.25) is 0 Å². The fourth-order valence-corrected chi connectivity index (χ4v) is 1.81. The first kappa shape index (κ1) is 13.7. The third kappa shape index (κ3) is 4.58. The second-order valence-electron chi connectivity index (χ2n) is 5.03. The molecule has 17 heavy (non-hydrogen) atoms. The zero-order valence-corrected chi connectivity index (χ0v) is 10.8. The summed E-state index contributed by atoms with van der Waals surface area (Å²) in [6.07, 6.45) is 7.76. The Labute approximate surface area is 103 Å². The Bertz CT molecular complexity index is 373. The SMILES string of the molecule is CC(C)(C#N)CCCCn1ccnc1CCN. The molecule has 0 aliphatic carbocycles. The number of imidazole rings is 1. The number of nitriles is 1. The van der Waals surface area contributed by atoms with Crippen LogP contribution in [0, 0.1) is 16.7 Å². The van der Waals surface area contributed by atoms with E-state index >= 15 is 0 Å². The van der Waals surface area contributed by atoms with Crippen LogP contribution in [0.4, 0.5) is 0 Å². The van der Waals surface area contributed by atoms with Crippen LogP contribution in [0.25, 0.3) is 0 Å². The summed E-state index contributed by atoms with van der Waals surface area (Å²) in [5.41, 5.74) is 5.33. The van der Waals surface area contributed by atoms with E-state index in [9.17, 15) is 0 Å². The molecular weight excluding hydrogens is 212 g/mol. The van der Waals surface area contributed by atoms with Crippen LogP contribution >= 0.6 is 0 Å². The molecule has 0 unspecified atom stereocenters. The molecule has 0 aliphatic heterocycles. The molecule has 1 rings (SSSR count). The smallest absolute Gasteiger partial charge is 0.109 e. The lowest BCUT2D eigenvalue weighted by Crippen LogP contribution is -2.11. The van der Waals surface area contributed by atoms with E-state index in [4.69, 9.17) is 11.0 Å². The highest BCUT2D eigenvalue weighted by Gasteiger charge is 2.15. The number of nitrogens with two attached hydrogens (primary N) is 1. The number of nitrogens with zero attached hydrogens (tertiary/aromatic N) is 3. The lowest BCUT2D eigenvalue weighted by atomic mass is 9.89. The van der Waals surface area contributed by atoms with E-state index in [1.807, 2.05) is 26.2 Å². The molecule has 0 atom stereocenters. The first-order valence-corrected chi connectivity index (χ1v) is 6.20. The van der Waals surface area contributed by atoms with Crippen LogP contribution in [-0.2, 0) is 13.0 Å². The van der Waals surface area contributed by atoms with Crippen molar-refractivity contribution in [1.82, 2.24) is 9.55 Å². The average Bonchev–Trinajstić information content (AvgIpc) is 2.73. The number of aromatic nitrogens is 2. The van der Waals surface area contributed by atoms with Gasteiger partial charge in [0.2, 0.25) is 0 Å². The Hall–Kier alpha value is -1.34. The van der Waals surface area contributed by atoms with Crippen LogP contribution in [0.1, 0.15) is 38.9 Å². The minimum atomic E-state index is -0.199. The molecule has 0 radical (unpaired) electrons. The molecule has 1 heterocycles. The van der Waals surface area contributed by atoms with Gasteiger partial charge in [-0.15, -0.1) is 0 Å². The van der Waals surface area contributed by atoms with Gasteiger partial charge in [-0.2, -0.15) is 5.26 Å². The fraction of sp³-hybridized carbons (Fsp3) is 0.692. The molecular formula is C13H22N4. The molecule has 0 aromatic carbocycles. The molecule has 0 saturated carbocycles. The fourth-order valence-electron chi connectivity index (χ4n) is 1.81. The topological polar surface area (TPSA) is 67.6 Å². The van der Waals surface area contributed by atoms with Gasteiger partial charge in [-0.25, -0.2) is 4.98 Å². The van der Waals surface area contributed by atoms with Crippen molar-refractivity contribution in [1.29, 1.82) is 5.26 Å². The normalized spacial score (nSPS) is 11.4. The maximum Gasteiger partial charge on any atom is 0.109 e. The van der Waals surface area contributed by atoms with E-state index in [2.05, 4.69) is 15.6 Å². The van der Waals surface area contributed by atoms with Crippen LogP contribution in [-0.4, -0.2) is 16.1 Å². The number of unbranched alkanes of at least 4 members (excludes halogenated alkanes) is 1. The van der Waals surface area contributed by atoms with Gasteiger partial charge in [-0.05, 0) is 33.2 Å². The number of hydrogen-bond acceptors (Lipinski definition) is 3. The zero-order valence-electron chi connectivity index (χ0n) is 10.8. The predicted molar refractivity (Wildman–Crippen MR) is 68.2 cm³/mol. The van der Waals surface area contributed by atoms with E-state index in [-0.39, 0.29) is 5.41 Å². The minimum Gasteiger partial charge on any atom is -0.335 e. The molecule has 0 spiro atoms. The summed E-state index contributed by atoms with van der Waals surface area (Å²) in [4.78, 5) is 4.28. The van der Waals surface area contributed by atoms with Gasteiger partial charge in [0.05, 0.1) is 11.5 Å². The predicted octanol–water partition coefficient (Wildman–Crippen LogP) is 2.10. The zero-order chi connectivity index (χ0) is 12.7. The van der Waals surface area contributed by atoms with Crippen LogP contribution in [0.15, 0.2) is 12.4 Å². The number of aryl methyl sites for hydroxylation is 1. The summed E-state index contributed by atoms with van der Waals surface area (Å²) in [5, 5.41) is 8.91. The molecule has 94 valence electrons. The highest BCUT2D eigenvalue weighted by atomic mass is 15.1. The van der Waals surface area contributed by atoms with E-state index in [1.54, 1.807) is 0 Å². The molecule has 0 bridgehead atoms. The van der Waals surface area contributed by atoms with Crippen molar-refractivity contribution in [3.8, 4) is 6.07 Å². The quantitative estimate of drug-likeness (QED) is 0.735. The van der Waals surface area contributed by atoms with Crippen LogP contribution in [0.2, 0.25) is 0 Å². The molecule has 0 amide bonds. The van der Waals surface area contributed by atoms with Gasteiger partial charge < -0.3 is 10.3 Å². The molecule has 2 N–H and O–H groups in total. The second-order valence-corrected chi connectivity index (χ2v) is 5.03. The number of rotatable bonds is 7. The van der Waals surface area contributed by atoms with Crippen molar-refractivity contribution in [2.75, 3.05) is 6.54 Å².